The molecule has 10 rings (SSSR count). The first kappa shape index (κ1) is 28.6. The maximum atomic E-state index is 2.45. The van der Waals surface area contributed by atoms with Crippen LogP contribution < -0.4 is 4.90 Å². The summed E-state index contributed by atoms with van der Waals surface area (Å²) in [7, 11) is 0. The van der Waals surface area contributed by atoms with Crippen LogP contribution in [0.2, 0.25) is 0 Å². The maximum absolute atomic E-state index is 2.45. The molecule has 9 aromatic rings. The molecule has 1 nitrogen and oxygen atoms in total. The number of hydrogen-bond acceptors (Lipinski definition) is 1. The van der Waals surface area contributed by atoms with Gasteiger partial charge in [0.25, 0.3) is 0 Å². The van der Waals surface area contributed by atoms with Gasteiger partial charge < -0.3 is 0 Å². The molecule has 0 atom stereocenters. The Kier molecular flexibility index (Phi) is 6.31. The van der Waals surface area contributed by atoms with Crippen molar-refractivity contribution in [3.8, 4) is 22.3 Å². The van der Waals surface area contributed by atoms with Crippen molar-refractivity contribution >= 4 is 72.4 Å². The topological polar surface area (TPSA) is 3.24 Å². The van der Waals surface area contributed by atoms with E-state index in [1.807, 2.05) is 0 Å². The van der Waals surface area contributed by atoms with Gasteiger partial charge in [0.1, 0.15) is 0 Å². The van der Waals surface area contributed by atoms with E-state index in [9.17, 15) is 0 Å². The number of hydrogen-bond donors (Lipinski definition) is 0. The van der Waals surface area contributed by atoms with Gasteiger partial charge in [-0.25, -0.2) is 0 Å². The van der Waals surface area contributed by atoms with Crippen molar-refractivity contribution < 1.29 is 0 Å². The first-order chi connectivity index (χ1) is 24.0. The molecule has 1 aromatic heterocycles. The Balaban J connectivity index is 1.18. The SMILES string of the molecule is CC1(C)c2ccccc2-c2cc(N(c3ccc(-c4ccccc4)cc3)c3ccc4[se]c5c(ccc6ccc7ccccc7c65)c4c3)ccc21. The molecular formula is C47H33NSe. The van der Waals surface area contributed by atoms with Crippen LogP contribution >= 0.6 is 0 Å². The molecule has 0 bridgehead atoms. The summed E-state index contributed by atoms with van der Waals surface area (Å²) in [6, 6.07) is 61.0. The fraction of sp³-hybridized carbons (Fsp3) is 0.0638. The summed E-state index contributed by atoms with van der Waals surface area (Å²) < 4.78 is 2.96. The van der Waals surface area contributed by atoms with E-state index in [4.69, 9.17) is 0 Å². The second-order valence-corrected chi connectivity index (χ2v) is 16.0. The molecular weight excluding hydrogens is 657 g/mol. The van der Waals surface area contributed by atoms with Gasteiger partial charge in [-0.05, 0) is 0 Å². The van der Waals surface area contributed by atoms with E-state index in [0.29, 0.717) is 0 Å². The third-order valence-corrected chi connectivity index (χ3v) is 13.2. The van der Waals surface area contributed by atoms with E-state index in [1.54, 1.807) is 0 Å². The molecule has 0 N–H and O–H groups in total. The van der Waals surface area contributed by atoms with Gasteiger partial charge in [0.2, 0.25) is 0 Å². The zero-order valence-corrected chi connectivity index (χ0v) is 29.2. The monoisotopic (exact) mass is 691 g/mol. The summed E-state index contributed by atoms with van der Waals surface area (Å²) in [4.78, 5) is 2.45. The van der Waals surface area contributed by atoms with Crippen molar-refractivity contribution in [3.05, 3.63) is 175 Å². The van der Waals surface area contributed by atoms with Crippen molar-refractivity contribution in [1.29, 1.82) is 0 Å². The van der Waals surface area contributed by atoms with E-state index in [-0.39, 0.29) is 19.9 Å². The van der Waals surface area contributed by atoms with Gasteiger partial charge in [-0.3, -0.25) is 0 Å². The van der Waals surface area contributed by atoms with Crippen molar-refractivity contribution in [2.24, 2.45) is 0 Å². The van der Waals surface area contributed by atoms with Gasteiger partial charge in [0, 0.05) is 0 Å². The number of benzene rings is 8. The van der Waals surface area contributed by atoms with Crippen LogP contribution in [0.3, 0.4) is 0 Å². The van der Waals surface area contributed by atoms with Crippen LogP contribution in [0.15, 0.2) is 164 Å². The molecule has 0 spiro atoms. The van der Waals surface area contributed by atoms with Gasteiger partial charge in [-0.1, -0.05) is 6.07 Å². The second-order valence-electron chi connectivity index (χ2n) is 13.8. The molecule has 0 amide bonds. The van der Waals surface area contributed by atoms with Crippen molar-refractivity contribution in [2.45, 2.75) is 19.3 Å². The fourth-order valence-corrected chi connectivity index (χ4v) is 10.8. The second kappa shape index (κ2) is 10.8. The summed E-state index contributed by atoms with van der Waals surface area (Å²) >= 11 is 0.234. The summed E-state index contributed by atoms with van der Waals surface area (Å²) in [5, 5.41) is 8.15. The van der Waals surface area contributed by atoms with Gasteiger partial charge in [-0.15, -0.1) is 0 Å². The van der Waals surface area contributed by atoms with Gasteiger partial charge in [0.05, 0.1) is 0 Å². The zero-order valence-electron chi connectivity index (χ0n) is 27.4. The average molecular weight is 691 g/mol. The Morgan fingerprint density at radius 1 is 0.449 bits per heavy atom. The number of fused-ring (bicyclic) bond motifs is 10. The van der Waals surface area contributed by atoms with Crippen LogP contribution in [-0.4, -0.2) is 14.5 Å². The van der Waals surface area contributed by atoms with E-state index < -0.39 is 0 Å². The Labute approximate surface area is 292 Å². The van der Waals surface area contributed by atoms with Crippen LogP contribution in [0.5, 0.6) is 0 Å². The summed E-state index contributed by atoms with van der Waals surface area (Å²) in [6.07, 6.45) is 0. The Hall–Kier alpha value is -5.40. The zero-order chi connectivity index (χ0) is 32.7. The molecule has 232 valence electrons. The van der Waals surface area contributed by atoms with Gasteiger partial charge in [0.15, 0.2) is 0 Å². The normalized spacial score (nSPS) is 13.3. The van der Waals surface area contributed by atoms with Crippen LogP contribution in [0.1, 0.15) is 25.0 Å². The van der Waals surface area contributed by atoms with Crippen LogP contribution in [0, 0.1) is 0 Å². The third-order valence-electron chi connectivity index (χ3n) is 10.6. The molecule has 0 fully saturated rings. The number of nitrogens with zero attached hydrogens (tertiary/aromatic N) is 1. The number of anilines is 3. The van der Waals surface area contributed by atoms with E-state index >= 15 is 0 Å². The molecule has 49 heavy (non-hydrogen) atoms. The predicted molar refractivity (Wildman–Crippen MR) is 211 cm³/mol. The summed E-state index contributed by atoms with van der Waals surface area (Å²) in [6.45, 7) is 4.70. The molecule has 0 saturated heterocycles. The molecule has 1 aliphatic carbocycles. The molecule has 8 aromatic carbocycles. The molecule has 1 aliphatic rings. The quantitative estimate of drug-likeness (QED) is 0.131. The Morgan fingerprint density at radius 3 is 1.98 bits per heavy atom. The average Bonchev–Trinajstić information content (AvgIpc) is 3.64. The Bertz CT molecular complexity index is 2730. The molecule has 0 saturated carbocycles. The Morgan fingerprint density at radius 2 is 1.10 bits per heavy atom. The third kappa shape index (κ3) is 4.38. The first-order valence-electron chi connectivity index (χ1n) is 17.0. The van der Waals surface area contributed by atoms with E-state index in [1.165, 1.54) is 85.6 Å². The molecule has 0 unspecified atom stereocenters. The van der Waals surface area contributed by atoms with Crippen LogP contribution in [0.4, 0.5) is 17.1 Å². The molecule has 2 heteroatoms. The van der Waals surface area contributed by atoms with Gasteiger partial charge in [-0.2, -0.15) is 0 Å². The van der Waals surface area contributed by atoms with Crippen molar-refractivity contribution in [1.82, 2.24) is 0 Å². The minimum absolute atomic E-state index is 0.0288. The molecule has 1 heterocycles. The fourth-order valence-electron chi connectivity index (χ4n) is 8.18. The van der Waals surface area contributed by atoms with E-state index in [2.05, 4.69) is 183 Å². The number of rotatable bonds is 4. The molecule has 0 radical (unpaired) electrons. The van der Waals surface area contributed by atoms with Gasteiger partial charge >= 0.3 is 288 Å². The standard InChI is InChI=1S/C47H33NSe/c1-47(2)42-15-9-8-14-38(42)40-28-35(23-26-43(40)47)48(34-21-18-31(19-22-34)30-10-4-3-5-11-30)36-24-27-44-41(29-36)39-25-20-33-17-16-32-12-6-7-13-37(32)45(33)46(39)49-44/h3-29H,1-2H3. The minimum atomic E-state index is -0.0288. The first-order valence-corrected chi connectivity index (χ1v) is 18.7. The van der Waals surface area contributed by atoms with Crippen LogP contribution in [0.25, 0.3) is 63.1 Å². The molecule has 0 aliphatic heterocycles. The summed E-state index contributed by atoms with van der Waals surface area (Å²) in [5.41, 5.74) is 11.4. The van der Waals surface area contributed by atoms with E-state index in [0.717, 1.165) is 5.69 Å². The van der Waals surface area contributed by atoms with Crippen LogP contribution in [-0.2, 0) is 5.41 Å². The van der Waals surface area contributed by atoms with Crippen molar-refractivity contribution in [3.63, 3.8) is 0 Å². The predicted octanol–water partition coefficient (Wildman–Crippen LogP) is 12.8. The van der Waals surface area contributed by atoms with Crippen molar-refractivity contribution in [2.75, 3.05) is 4.90 Å². The summed E-state index contributed by atoms with van der Waals surface area (Å²) in [5.74, 6) is 0.